The number of carbonyl (C=O) groups is 2. The molecular weight excluding hydrogens is 394 g/mol. The molecule has 1 atom stereocenters. The van der Waals surface area contributed by atoms with Crippen molar-refractivity contribution in [2.75, 3.05) is 6.61 Å². The SMILES string of the molecule is C[C@H](Oc1cccc(C=CCn2cccc2C(=O)c2ccc3c(c2)OCC3)c1)C(=O)O. The first-order valence-corrected chi connectivity index (χ1v) is 10.1. The van der Waals surface area contributed by atoms with Crippen LogP contribution in [0.15, 0.2) is 66.9 Å². The molecule has 0 unspecified atom stereocenters. The van der Waals surface area contributed by atoms with E-state index in [1.54, 1.807) is 12.1 Å². The van der Waals surface area contributed by atoms with Gasteiger partial charge in [0.2, 0.25) is 5.78 Å². The quantitative estimate of drug-likeness (QED) is 0.555. The zero-order valence-electron chi connectivity index (χ0n) is 17.2. The minimum atomic E-state index is -1.01. The molecule has 0 aliphatic carbocycles. The fourth-order valence-electron chi connectivity index (χ4n) is 3.48. The van der Waals surface area contributed by atoms with Gasteiger partial charge in [-0.3, -0.25) is 4.79 Å². The molecule has 3 aromatic rings. The van der Waals surface area contributed by atoms with Crippen LogP contribution in [0.3, 0.4) is 0 Å². The van der Waals surface area contributed by atoms with Crippen LogP contribution in [0.25, 0.3) is 6.08 Å². The number of benzene rings is 2. The van der Waals surface area contributed by atoms with Crippen LogP contribution >= 0.6 is 0 Å². The van der Waals surface area contributed by atoms with Gasteiger partial charge in [0.25, 0.3) is 0 Å². The van der Waals surface area contributed by atoms with E-state index in [0.29, 0.717) is 30.2 Å². The van der Waals surface area contributed by atoms with Gasteiger partial charge in [-0.2, -0.15) is 0 Å². The third-order valence-electron chi connectivity index (χ3n) is 5.15. The van der Waals surface area contributed by atoms with Gasteiger partial charge in [0.1, 0.15) is 11.5 Å². The smallest absolute Gasteiger partial charge is 0.344 e. The molecular formula is C25H23NO5. The number of carbonyl (C=O) groups excluding carboxylic acids is 1. The van der Waals surface area contributed by atoms with Crippen LogP contribution in [0.5, 0.6) is 11.5 Å². The predicted octanol–water partition coefficient (Wildman–Crippen LogP) is 4.22. The molecule has 6 heteroatoms. The number of rotatable bonds is 8. The van der Waals surface area contributed by atoms with Crippen molar-refractivity contribution in [3.8, 4) is 11.5 Å². The number of fused-ring (bicyclic) bond motifs is 1. The van der Waals surface area contributed by atoms with Crippen LogP contribution in [0.4, 0.5) is 0 Å². The largest absolute Gasteiger partial charge is 0.493 e. The number of allylic oxidation sites excluding steroid dienone is 1. The van der Waals surface area contributed by atoms with E-state index < -0.39 is 12.1 Å². The van der Waals surface area contributed by atoms with Crippen LogP contribution in [-0.2, 0) is 17.8 Å². The maximum absolute atomic E-state index is 13.0. The van der Waals surface area contributed by atoms with E-state index in [2.05, 4.69) is 0 Å². The number of carboxylic acid groups (broad SMARTS) is 1. The topological polar surface area (TPSA) is 77.8 Å². The van der Waals surface area contributed by atoms with Crippen molar-refractivity contribution >= 4 is 17.8 Å². The normalized spacial score (nSPS) is 13.6. The average molecular weight is 417 g/mol. The fourth-order valence-corrected chi connectivity index (χ4v) is 3.48. The summed E-state index contributed by atoms with van der Waals surface area (Å²) >= 11 is 0. The lowest BCUT2D eigenvalue weighted by Crippen LogP contribution is -2.22. The second kappa shape index (κ2) is 8.92. The Hall–Kier alpha value is -3.80. The summed E-state index contributed by atoms with van der Waals surface area (Å²) in [5.41, 5.74) is 3.24. The maximum atomic E-state index is 13.0. The van der Waals surface area contributed by atoms with Gasteiger partial charge in [-0.1, -0.05) is 36.4 Å². The summed E-state index contributed by atoms with van der Waals surface area (Å²) in [6.07, 6.45) is 5.69. The Bertz CT molecular complexity index is 1140. The first-order valence-electron chi connectivity index (χ1n) is 10.1. The minimum Gasteiger partial charge on any atom is -0.493 e. The summed E-state index contributed by atoms with van der Waals surface area (Å²) in [5.74, 6) is 0.228. The number of carboxylic acids is 1. The van der Waals surface area contributed by atoms with Crippen molar-refractivity contribution in [2.24, 2.45) is 0 Å². The van der Waals surface area contributed by atoms with Gasteiger partial charge in [-0.25, -0.2) is 4.79 Å². The number of ether oxygens (including phenoxy) is 2. The Balaban J connectivity index is 1.45. The van der Waals surface area contributed by atoms with E-state index in [1.807, 2.05) is 65.4 Å². The number of hydrogen-bond donors (Lipinski definition) is 1. The fraction of sp³-hybridized carbons (Fsp3) is 0.200. The number of hydrogen-bond acceptors (Lipinski definition) is 4. The highest BCUT2D eigenvalue weighted by molar-refractivity contribution is 6.08. The third-order valence-corrected chi connectivity index (χ3v) is 5.15. The van der Waals surface area contributed by atoms with Crippen molar-refractivity contribution in [1.82, 2.24) is 4.57 Å². The van der Waals surface area contributed by atoms with E-state index in [9.17, 15) is 9.59 Å². The highest BCUT2D eigenvalue weighted by Gasteiger charge is 2.18. The lowest BCUT2D eigenvalue weighted by Gasteiger charge is -2.10. The highest BCUT2D eigenvalue weighted by atomic mass is 16.5. The van der Waals surface area contributed by atoms with Crippen molar-refractivity contribution in [1.29, 1.82) is 0 Å². The third kappa shape index (κ3) is 4.69. The number of aromatic nitrogens is 1. The van der Waals surface area contributed by atoms with Crippen LogP contribution in [0.1, 0.15) is 34.1 Å². The molecule has 0 saturated heterocycles. The number of ketones is 1. The molecule has 0 radical (unpaired) electrons. The Morgan fingerprint density at radius 1 is 1.19 bits per heavy atom. The van der Waals surface area contributed by atoms with Crippen LogP contribution in [-0.4, -0.2) is 34.1 Å². The van der Waals surface area contributed by atoms with Crippen molar-refractivity contribution in [2.45, 2.75) is 26.0 Å². The molecule has 6 nitrogen and oxygen atoms in total. The summed E-state index contributed by atoms with van der Waals surface area (Å²) in [6.45, 7) is 2.67. The predicted molar refractivity (Wildman–Crippen MR) is 117 cm³/mol. The molecule has 0 amide bonds. The van der Waals surface area contributed by atoms with Gasteiger partial charge in [-0.05, 0) is 48.4 Å². The molecule has 4 rings (SSSR count). The van der Waals surface area contributed by atoms with Crippen LogP contribution in [0.2, 0.25) is 0 Å². The standard InChI is InChI=1S/C25H23NO5/c1-17(25(28)29)31-21-7-2-5-18(15-21)6-3-12-26-13-4-8-22(26)24(27)20-10-9-19-11-14-30-23(19)16-20/h2-10,13,15-17H,11-12,14H2,1H3,(H,28,29)/t17-/m0/s1. The number of aliphatic carboxylic acids is 1. The molecule has 2 heterocycles. The first kappa shape index (κ1) is 20.5. The minimum absolute atomic E-state index is 0.0465. The van der Waals surface area contributed by atoms with E-state index in [4.69, 9.17) is 14.6 Å². The lowest BCUT2D eigenvalue weighted by molar-refractivity contribution is -0.144. The van der Waals surface area contributed by atoms with Gasteiger partial charge in [0, 0.05) is 24.7 Å². The van der Waals surface area contributed by atoms with Crippen molar-refractivity contribution in [3.63, 3.8) is 0 Å². The molecule has 158 valence electrons. The summed E-state index contributed by atoms with van der Waals surface area (Å²) < 4.78 is 12.9. The summed E-state index contributed by atoms with van der Waals surface area (Å²) in [4.78, 5) is 24.0. The summed E-state index contributed by atoms with van der Waals surface area (Å²) in [5, 5.41) is 8.98. The van der Waals surface area contributed by atoms with Crippen molar-refractivity contribution in [3.05, 3.63) is 89.3 Å². The molecule has 2 aromatic carbocycles. The zero-order chi connectivity index (χ0) is 21.8. The maximum Gasteiger partial charge on any atom is 0.344 e. The van der Waals surface area contributed by atoms with E-state index >= 15 is 0 Å². The zero-order valence-corrected chi connectivity index (χ0v) is 17.2. The molecule has 1 aromatic heterocycles. The van der Waals surface area contributed by atoms with Gasteiger partial charge in [0.15, 0.2) is 6.10 Å². The highest BCUT2D eigenvalue weighted by Crippen LogP contribution is 2.27. The van der Waals surface area contributed by atoms with Crippen LogP contribution < -0.4 is 9.47 Å². The second-order valence-electron chi connectivity index (χ2n) is 7.37. The summed E-state index contributed by atoms with van der Waals surface area (Å²) in [6, 6.07) is 16.5. The molecule has 1 aliphatic heterocycles. The Morgan fingerprint density at radius 3 is 2.90 bits per heavy atom. The van der Waals surface area contributed by atoms with E-state index in [-0.39, 0.29) is 5.78 Å². The Labute approximate surface area is 180 Å². The second-order valence-corrected chi connectivity index (χ2v) is 7.37. The van der Waals surface area contributed by atoms with Crippen molar-refractivity contribution < 1.29 is 24.2 Å². The molecule has 0 spiro atoms. The Kier molecular flexibility index (Phi) is 5.89. The Morgan fingerprint density at radius 2 is 2.06 bits per heavy atom. The molecule has 0 saturated carbocycles. The van der Waals surface area contributed by atoms with E-state index in [1.165, 1.54) is 6.92 Å². The lowest BCUT2D eigenvalue weighted by atomic mass is 10.0. The summed E-state index contributed by atoms with van der Waals surface area (Å²) in [7, 11) is 0. The van der Waals surface area contributed by atoms with Gasteiger partial charge >= 0.3 is 5.97 Å². The molecule has 1 aliphatic rings. The molecule has 1 N–H and O–H groups in total. The van der Waals surface area contributed by atoms with E-state index in [0.717, 1.165) is 23.3 Å². The average Bonchev–Trinajstić information content (AvgIpc) is 3.42. The molecule has 0 bridgehead atoms. The van der Waals surface area contributed by atoms with Gasteiger partial charge < -0.3 is 19.1 Å². The molecule has 31 heavy (non-hydrogen) atoms. The van der Waals surface area contributed by atoms with Gasteiger partial charge in [-0.15, -0.1) is 0 Å². The van der Waals surface area contributed by atoms with Gasteiger partial charge in [0.05, 0.1) is 12.3 Å². The first-order chi connectivity index (χ1) is 15.0. The monoisotopic (exact) mass is 417 g/mol. The molecule has 0 fully saturated rings. The number of nitrogens with zero attached hydrogens (tertiary/aromatic N) is 1. The van der Waals surface area contributed by atoms with Crippen LogP contribution in [0, 0.1) is 0 Å².